The van der Waals surface area contributed by atoms with Crippen molar-refractivity contribution >= 4 is 11.4 Å². The first-order valence-corrected chi connectivity index (χ1v) is 8.36. The first-order valence-electron chi connectivity index (χ1n) is 7.21. The number of imidazole rings is 1. The smallest absolute Gasteiger partial charge is 0.165 e. The molecule has 1 unspecified atom stereocenters. The van der Waals surface area contributed by atoms with Crippen LogP contribution in [0.2, 0.25) is 0 Å². The van der Waals surface area contributed by atoms with Crippen molar-refractivity contribution in [3.8, 4) is 5.75 Å². The van der Waals surface area contributed by atoms with Gasteiger partial charge in [-0.25, -0.2) is 9.37 Å². The van der Waals surface area contributed by atoms with Crippen molar-refractivity contribution in [1.29, 1.82) is 0 Å². The first-order chi connectivity index (χ1) is 10.7. The minimum atomic E-state index is -1.32. The van der Waals surface area contributed by atoms with E-state index in [9.17, 15) is 8.94 Å². The van der Waals surface area contributed by atoms with Gasteiger partial charge in [-0.3, -0.25) is 0 Å². The number of nitrogens with zero attached hydrogens (tertiary/aromatic N) is 2. The van der Waals surface area contributed by atoms with Gasteiger partial charge in [-0.1, -0.05) is 6.07 Å². The second-order valence-corrected chi connectivity index (χ2v) is 8.25. The van der Waals surface area contributed by atoms with Gasteiger partial charge in [0.05, 0.1) is 25.3 Å². The zero-order chi connectivity index (χ0) is 17.2. The van der Waals surface area contributed by atoms with E-state index in [1.54, 1.807) is 24.7 Å². The molecule has 1 aromatic carbocycles. The Kier molecular flexibility index (Phi) is 5.33. The molecule has 2 rings (SSSR count). The van der Waals surface area contributed by atoms with Gasteiger partial charge >= 0.3 is 0 Å². The molecule has 0 aliphatic carbocycles. The molecule has 0 bridgehead atoms. The molecule has 7 heteroatoms. The molecule has 1 N–H and O–H groups in total. The highest BCUT2D eigenvalue weighted by atomic mass is 32.2. The van der Waals surface area contributed by atoms with Gasteiger partial charge in [0.15, 0.2) is 11.6 Å². The van der Waals surface area contributed by atoms with Crippen LogP contribution in [-0.4, -0.2) is 26.0 Å². The molecule has 2 atom stereocenters. The highest BCUT2D eigenvalue weighted by molar-refractivity contribution is 7.90. The van der Waals surface area contributed by atoms with Crippen molar-refractivity contribution in [3.05, 3.63) is 47.8 Å². The fraction of sp³-hybridized carbons (Fsp3) is 0.438. The van der Waals surface area contributed by atoms with Crippen LogP contribution in [-0.2, 0) is 18.4 Å². The van der Waals surface area contributed by atoms with Gasteiger partial charge in [0.1, 0.15) is 10.8 Å². The van der Waals surface area contributed by atoms with Crippen LogP contribution in [0, 0.1) is 5.82 Å². The van der Waals surface area contributed by atoms with Crippen molar-refractivity contribution < 1.29 is 13.7 Å². The summed E-state index contributed by atoms with van der Waals surface area (Å²) in [5.41, 5.74) is 1.46. The molecule has 126 valence electrons. The van der Waals surface area contributed by atoms with E-state index in [1.165, 1.54) is 13.2 Å². The van der Waals surface area contributed by atoms with Gasteiger partial charge in [-0.05, 0) is 38.5 Å². The van der Waals surface area contributed by atoms with Crippen LogP contribution >= 0.6 is 0 Å². The summed E-state index contributed by atoms with van der Waals surface area (Å²) in [5, 5.41) is 0. The quantitative estimate of drug-likeness (QED) is 0.851. The number of methoxy groups -OCH3 is 1. The van der Waals surface area contributed by atoms with Crippen LogP contribution in [0.25, 0.3) is 0 Å². The normalized spacial score (nSPS) is 14.6. The van der Waals surface area contributed by atoms with E-state index >= 15 is 0 Å². The van der Waals surface area contributed by atoms with E-state index in [4.69, 9.17) is 4.74 Å². The summed E-state index contributed by atoms with van der Waals surface area (Å²) < 4.78 is 36.0. The van der Waals surface area contributed by atoms with Gasteiger partial charge in [-0.2, -0.15) is 0 Å². The van der Waals surface area contributed by atoms with Gasteiger partial charge < -0.3 is 13.9 Å². The van der Waals surface area contributed by atoms with E-state index < -0.39 is 28.0 Å². The van der Waals surface area contributed by atoms with Crippen molar-refractivity contribution in [2.75, 3.05) is 7.11 Å². The molecule has 23 heavy (non-hydrogen) atoms. The van der Waals surface area contributed by atoms with Gasteiger partial charge in [-0.15, -0.1) is 4.72 Å². The summed E-state index contributed by atoms with van der Waals surface area (Å²) in [6.07, 6.45) is 3.34. The predicted octanol–water partition coefficient (Wildman–Crippen LogP) is 2.71. The van der Waals surface area contributed by atoms with Gasteiger partial charge in [0.2, 0.25) is 0 Å². The SMILES string of the molecule is COc1ccc([C@@H](N[S+]([O-])C(C)(C)C)c2cncn2C)cc1F. The Balaban J connectivity index is 2.42. The van der Waals surface area contributed by atoms with Crippen LogP contribution in [0.1, 0.15) is 38.1 Å². The number of benzene rings is 1. The first kappa shape index (κ1) is 17.8. The maximum absolute atomic E-state index is 14.1. The Bertz CT molecular complexity index is 670. The Morgan fingerprint density at radius 1 is 1.39 bits per heavy atom. The van der Waals surface area contributed by atoms with Gasteiger partial charge in [0.25, 0.3) is 0 Å². The summed E-state index contributed by atoms with van der Waals surface area (Å²) >= 11 is -1.32. The Morgan fingerprint density at radius 2 is 2.09 bits per heavy atom. The maximum Gasteiger partial charge on any atom is 0.165 e. The third-order valence-electron chi connectivity index (χ3n) is 3.44. The summed E-state index contributed by atoms with van der Waals surface area (Å²) in [7, 11) is 3.26. The van der Waals surface area contributed by atoms with Gasteiger partial charge in [0, 0.05) is 18.4 Å². The summed E-state index contributed by atoms with van der Waals surface area (Å²) in [4.78, 5) is 4.10. The Labute approximate surface area is 139 Å². The van der Waals surface area contributed by atoms with Crippen molar-refractivity contribution in [3.63, 3.8) is 0 Å². The number of aryl methyl sites for hydroxylation is 1. The maximum atomic E-state index is 14.1. The molecule has 0 saturated carbocycles. The minimum absolute atomic E-state index is 0.175. The third kappa shape index (κ3) is 4.04. The number of ether oxygens (including phenoxy) is 1. The largest absolute Gasteiger partial charge is 0.598 e. The van der Waals surface area contributed by atoms with Crippen LogP contribution in [0.5, 0.6) is 5.75 Å². The number of hydrogen-bond donors (Lipinski definition) is 1. The number of hydrogen-bond acceptors (Lipinski definition) is 4. The zero-order valence-corrected chi connectivity index (χ0v) is 14.8. The van der Waals surface area contributed by atoms with E-state index in [0.717, 1.165) is 5.69 Å². The van der Waals surface area contributed by atoms with Crippen LogP contribution < -0.4 is 9.46 Å². The third-order valence-corrected chi connectivity index (χ3v) is 5.00. The molecule has 0 saturated heterocycles. The number of halogens is 1. The molecule has 0 radical (unpaired) electrons. The molecule has 0 fully saturated rings. The average Bonchev–Trinajstić information content (AvgIpc) is 2.89. The molecule has 5 nitrogen and oxygen atoms in total. The van der Waals surface area contributed by atoms with Crippen molar-refractivity contribution in [1.82, 2.24) is 14.3 Å². The lowest BCUT2D eigenvalue weighted by Crippen LogP contribution is -2.42. The monoisotopic (exact) mass is 339 g/mol. The zero-order valence-electron chi connectivity index (χ0n) is 14.0. The lowest BCUT2D eigenvalue weighted by Gasteiger charge is -2.28. The molecule has 0 aliphatic rings. The topological polar surface area (TPSA) is 62.1 Å². The standard InChI is InChI=1S/C16H22FN3O2S/c1-16(2,3)23(21)19-15(13-9-18-10-20(13)4)11-6-7-14(22-5)12(17)8-11/h6-10,15,19H,1-5H3/t15-,23?/m1/s1. The van der Waals surface area contributed by atoms with E-state index in [-0.39, 0.29) is 5.75 Å². The second-order valence-electron chi connectivity index (χ2n) is 6.26. The number of aromatic nitrogens is 2. The fourth-order valence-corrected chi connectivity index (χ4v) is 2.92. The second kappa shape index (κ2) is 6.90. The number of rotatable bonds is 5. The highest BCUT2D eigenvalue weighted by Crippen LogP contribution is 2.28. The molecular formula is C16H22FN3O2S. The molecule has 0 aliphatic heterocycles. The highest BCUT2D eigenvalue weighted by Gasteiger charge is 2.32. The molecule has 1 heterocycles. The van der Waals surface area contributed by atoms with E-state index in [0.29, 0.717) is 5.56 Å². The van der Waals surface area contributed by atoms with Crippen molar-refractivity contribution in [2.45, 2.75) is 31.6 Å². The Morgan fingerprint density at radius 3 is 2.57 bits per heavy atom. The lowest BCUT2D eigenvalue weighted by molar-refractivity contribution is 0.386. The molecule has 0 spiro atoms. The minimum Gasteiger partial charge on any atom is -0.598 e. The van der Waals surface area contributed by atoms with Crippen LogP contribution in [0.4, 0.5) is 4.39 Å². The predicted molar refractivity (Wildman–Crippen MR) is 89.0 cm³/mol. The van der Waals surface area contributed by atoms with E-state index in [2.05, 4.69) is 9.71 Å². The Hall–Kier alpha value is -1.57. The molecule has 2 aromatic rings. The van der Waals surface area contributed by atoms with Crippen LogP contribution in [0.3, 0.4) is 0 Å². The molecule has 0 amide bonds. The molecular weight excluding hydrogens is 317 g/mol. The fourth-order valence-electron chi connectivity index (χ4n) is 2.09. The van der Waals surface area contributed by atoms with Crippen molar-refractivity contribution in [2.24, 2.45) is 7.05 Å². The van der Waals surface area contributed by atoms with Crippen LogP contribution in [0.15, 0.2) is 30.7 Å². The summed E-state index contributed by atoms with van der Waals surface area (Å²) in [6, 6.07) is 4.27. The summed E-state index contributed by atoms with van der Waals surface area (Å²) in [5.74, 6) is -0.282. The lowest BCUT2D eigenvalue weighted by atomic mass is 10.0. The molecule has 1 aromatic heterocycles. The summed E-state index contributed by atoms with van der Waals surface area (Å²) in [6.45, 7) is 5.64. The van der Waals surface area contributed by atoms with E-state index in [1.807, 2.05) is 32.4 Å². The average molecular weight is 339 g/mol. The number of nitrogens with one attached hydrogen (secondary N) is 1.